The molecular weight excluding hydrogens is 387 g/mol. The summed E-state index contributed by atoms with van der Waals surface area (Å²) in [5.41, 5.74) is 3.99. The van der Waals surface area contributed by atoms with Gasteiger partial charge in [-0.15, -0.1) is 0 Å². The maximum atomic E-state index is 13.6. The van der Waals surface area contributed by atoms with Gasteiger partial charge in [0.2, 0.25) is 0 Å². The van der Waals surface area contributed by atoms with Crippen LogP contribution in [0, 0.1) is 12.7 Å². The highest BCUT2D eigenvalue weighted by molar-refractivity contribution is 5.91. The fourth-order valence-corrected chi connectivity index (χ4v) is 2.41. The molecule has 0 radical (unpaired) electrons. The third kappa shape index (κ3) is 6.00. The lowest BCUT2D eigenvalue weighted by Crippen LogP contribution is -2.24. The van der Waals surface area contributed by atoms with Crippen LogP contribution in [0.3, 0.4) is 0 Å². The number of rotatable bonds is 7. The molecule has 0 spiro atoms. The van der Waals surface area contributed by atoms with Gasteiger partial charge in [-0.1, -0.05) is 29.8 Å². The van der Waals surface area contributed by atoms with Gasteiger partial charge < -0.3 is 9.47 Å². The Morgan fingerprint density at radius 2 is 1.63 bits per heavy atom. The Balaban J connectivity index is 1.47. The van der Waals surface area contributed by atoms with Gasteiger partial charge in [0.15, 0.2) is 6.61 Å². The minimum atomic E-state index is -0.782. The number of nitrogens with zero attached hydrogens (tertiary/aromatic N) is 1. The van der Waals surface area contributed by atoms with Gasteiger partial charge in [-0.3, -0.25) is 4.79 Å². The molecule has 0 fully saturated rings. The number of ether oxygens (including phenoxy) is 2. The molecule has 3 aromatic rings. The fraction of sp³-hybridized carbons (Fsp3) is 0.0870. The molecule has 3 aromatic carbocycles. The average molecular weight is 406 g/mol. The number of hydrazone groups is 1. The fourth-order valence-electron chi connectivity index (χ4n) is 2.41. The Bertz CT molecular complexity index is 1050. The lowest BCUT2D eigenvalue weighted by Gasteiger charge is -2.06. The maximum absolute atomic E-state index is 13.6. The van der Waals surface area contributed by atoms with Gasteiger partial charge in [0, 0.05) is 0 Å². The van der Waals surface area contributed by atoms with E-state index in [-0.39, 0.29) is 17.9 Å². The van der Waals surface area contributed by atoms with Crippen molar-refractivity contribution in [3.8, 4) is 11.5 Å². The lowest BCUT2D eigenvalue weighted by molar-refractivity contribution is -0.123. The van der Waals surface area contributed by atoms with Crippen molar-refractivity contribution in [1.29, 1.82) is 0 Å². The highest BCUT2D eigenvalue weighted by Crippen LogP contribution is 2.15. The van der Waals surface area contributed by atoms with Crippen LogP contribution in [0.25, 0.3) is 0 Å². The van der Waals surface area contributed by atoms with Crippen molar-refractivity contribution in [3.63, 3.8) is 0 Å². The molecular formula is C23H19FN2O4. The number of aryl methyl sites for hydroxylation is 1. The molecule has 0 saturated heterocycles. The van der Waals surface area contributed by atoms with E-state index in [2.05, 4.69) is 10.5 Å². The number of hydrogen-bond donors (Lipinski definition) is 1. The van der Waals surface area contributed by atoms with E-state index in [0.29, 0.717) is 11.3 Å². The van der Waals surface area contributed by atoms with Crippen molar-refractivity contribution in [2.24, 2.45) is 5.10 Å². The Morgan fingerprint density at radius 1 is 0.967 bits per heavy atom. The Morgan fingerprint density at radius 3 is 2.33 bits per heavy atom. The number of hydrogen-bond acceptors (Lipinski definition) is 5. The van der Waals surface area contributed by atoms with Gasteiger partial charge in [-0.25, -0.2) is 14.6 Å². The largest absolute Gasteiger partial charge is 0.484 e. The zero-order chi connectivity index (χ0) is 21.3. The molecule has 0 unspecified atom stereocenters. The zero-order valence-corrected chi connectivity index (χ0v) is 16.2. The van der Waals surface area contributed by atoms with Gasteiger partial charge >= 0.3 is 5.97 Å². The van der Waals surface area contributed by atoms with E-state index in [0.717, 1.165) is 5.56 Å². The topological polar surface area (TPSA) is 77.0 Å². The van der Waals surface area contributed by atoms with E-state index in [1.807, 2.05) is 19.1 Å². The molecule has 6 nitrogen and oxygen atoms in total. The minimum Gasteiger partial charge on any atom is -0.484 e. The first-order chi connectivity index (χ1) is 14.5. The van der Waals surface area contributed by atoms with E-state index >= 15 is 0 Å². The Hall–Kier alpha value is -4.00. The number of amides is 1. The van der Waals surface area contributed by atoms with Crippen LogP contribution in [0.2, 0.25) is 0 Å². The molecule has 0 aliphatic rings. The quantitative estimate of drug-likeness (QED) is 0.280. The predicted molar refractivity (Wildman–Crippen MR) is 110 cm³/mol. The number of benzene rings is 3. The van der Waals surface area contributed by atoms with Crippen LogP contribution in [-0.2, 0) is 4.79 Å². The second-order valence-corrected chi connectivity index (χ2v) is 6.33. The average Bonchev–Trinajstić information content (AvgIpc) is 2.75. The second kappa shape index (κ2) is 9.97. The molecule has 0 saturated carbocycles. The van der Waals surface area contributed by atoms with E-state index in [1.54, 1.807) is 42.5 Å². The third-order valence-electron chi connectivity index (χ3n) is 3.98. The van der Waals surface area contributed by atoms with Gasteiger partial charge in [-0.05, 0) is 61.0 Å². The summed E-state index contributed by atoms with van der Waals surface area (Å²) < 4.78 is 24.1. The van der Waals surface area contributed by atoms with Crippen molar-refractivity contribution in [1.82, 2.24) is 5.43 Å². The van der Waals surface area contributed by atoms with E-state index < -0.39 is 17.7 Å². The number of esters is 1. The Kier molecular flexibility index (Phi) is 6.89. The van der Waals surface area contributed by atoms with Crippen LogP contribution in [0.1, 0.15) is 21.5 Å². The number of carbonyl (C=O) groups is 2. The summed E-state index contributed by atoms with van der Waals surface area (Å²) in [7, 11) is 0. The van der Waals surface area contributed by atoms with Gasteiger partial charge in [0.05, 0.1) is 11.8 Å². The second-order valence-electron chi connectivity index (χ2n) is 6.33. The lowest BCUT2D eigenvalue weighted by atomic mass is 10.2. The molecule has 152 valence electrons. The molecule has 7 heteroatoms. The van der Waals surface area contributed by atoms with Gasteiger partial charge in [0.25, 0.3) is 5.91 Å². The van der Waals surface area contributed by atoms with Gasteiger partial charge in [0.1, 0.15) is 17.3 Å². The van der Waals surface area contributed by atoms with E-state index in [4.69, 9.17) is 9.47 Å². The summed E-state index contributed by atoms with van der Waals surface area (Å²) in [6, 6.07) is 19.3. The van der Waals surface area contributed by atoms with Crippen LogP contribution >= 0.6 is 0 Å². The van der Waals surface area contributed by atoms with Crippen LogP contribution in [0.5, 0.6) is 11.5 Å². The maximum Gasteiger partial charge on any atom is 0.346 e. The summed E-state index contributed by atoms with van der Waals surface area (Å²) in [5, 5.41) is 3.86. The van der Waals surface area contributed by atoms with E-state index in [1.165, 1.54) is 24.4 Å². The minimum absolute atomic E-state index is 0.140. The van der Waals surface area contributed by atoms with Crippen LogP contribution in [0.4, 0.5) is 4.39 Å². The Labute approximate surface area is 173 Å². The summed E-state index contributed by atoms with van der Waals surface area (Å²) in [6.07, 6.45) is 1.44. The molecule has 0 aromatic heterocycles. The van der Waals surface area contributed by atoms with Gasteiger partial charge in [-0.2, -0.15) is 5.10 Å². The first-order valence-electron chi connectivity index (χ1n) is 9.09. The summed E-state index contributed by atoms with van der Waals surface area (Å²) >= 11 is 0. The number of halogens is 1. The summed E-state index contributed by atoms with van der Waals surface area (Å²) in [6.45, 7) is 1.80. The molecule has 0 aliphatic heterocycles. The van der Waals surface area contributed by atoms with Crippen molar-refractivity contribution in [2.45, 2.75) is 6.92 Å². The summed E-state index contributed by atoms with van der Waals surface area (Å²) in [5.74, 6) is -0.970. The molecule has 30 heavy (non-hydrogen) atoms. The first-order valence-corrected chi connectivity index (χ1v) is 9.09. The summed E-state index contributed by atoms with van der Waals surface area (Å²) in [4.78, 5) is 23.8. The predicted octanol–water partition coefficient (Wildman–Crippen LogP) is 3.88. The molecule has 0 bridgehead atoms. The van der Waals surface area contributed by atoms with Crippen LogP contribution in [0.15, 0.2) is 77.9 Å². The highest BCUT2D eigenvalue weighted by atomic mass is 19.1. The van der Waals surface area contributed by atoms with Crippen LogP contribution in [-0.4, -0.2) is 24.7 Å². The van der Waals surface area contributed by atoms with Crippen molar-refractivity contribution in [3.05, 3.63) is 95.3 Å². The molecule has 1 N–H and O–H groups in total. The standard InChI is InChI=1S/C23H19FN2O4/c1-16-6-10-18(11-7-16)29-15-22(27)26-25-14-17-8-12-19(13-9-17)30-23(28)20-4-2-3-5-21(20)24/h2-14H,15H2,1H3,(H,26,27)/b25-14-. The highest BCUT2D eigenvalue weighted by Gasteiger charge is 2.13. The SMILES string of the molecule is Cc1ccc(OCC(=O)N/N=C\c2ccc(OC(=O)c3ccccc3F)cc2)cc1. The zero-order valence-electron chi connectivity index (χ0n) is 16.2. The molecule has 0 atom stereocenters. The molecule has 0 aliphatic carbocycles. The number of nitrogens with one attached hydrogen (secondary N) is 1. The monoisotopic (exact) mass is 406 g/mol. The number of carbonyl (C=O) groups excluding carboxylic acids is 2. The molecule has 3 rings (SSSR count). The van der Waals surface area contributed by atoms with Crippen molar-refractivity contribution >= 4 is 18.1 Å². The molecule has 1 amide bonds. The molecule has 0 heterocycles. The third-order valence-corrected chi connectivity index (χ3v) is 3.98. The smallest absolute Gasteiger partial charge is 0.346 e. The first kappa shape index (κ1) is 20.7. The van der Waals surface area contributed by atoms with Crippen molar-refractivity contribution in [2.75, 3.05) is 6.61 Å². The van der Waals surface area contributed by atoms with Crippen molar-refractivity contribution < 1.29 is 23.5 Å². The van der Waals surface area contributed by atoms with E-state index in [9.17, 15) is 14.0 Å². The van der Waals surface area contributed by atoms with Crippen LogP contribution < -0.4 is 14.9 Å². The normalized spacial score (nSPS) is 10.6.